The molecule has 1 aromatic heterocycles. The molecule has 4 aromatic rings. The zero-order chi connectivity index (χ0) is 21.8. The molecule has 0 aliphatic carbocycles. The van der Waals surface area contributed by atoms with Gasteiger partial charge in [0.05, 0.1) is 16.8 Å². The molecule has 0 N–H and O–H groups in total. The largest absolute Gasteiger partial charge is 0.455 e. The second kappa shape index (κ2) is 9.32. The Balaban J connectivity index is 1.42. The lowest BCUT2D eigenvalue weighted by atomic mass is 10.1. The summed E-state index contributed by atoms with van der Waals surface area (Å²) in [6.45, 7) is 2.05. The van der Waals surface area contributed by atoms with E-state index in [2.05, 4.69) is 27.0 Å². The van der Waals surface area contributed by atoms with Crippen molar-refractivity contribution in [1.82, 2.24) is 0 Å². The molecule has 0 saturated heterocycles. The lowest BCUT2D eigenvalue weighted by molar-refractivity contribution is -0.384. The number of hydrogen-bond acceptors (Lipinski definition) is 5. The van der Waals surface area contributed by atoms with Crippen molar-refractivity contribution in [1.29, 1.82) is 0 Å². The van der Waals surface area contributed by atoms with Crippen molar-refractivity contribution in [3.05, 3.63) is 105 Å². The number of hydrogen-bond donors (Lipinski definition) is 0. The Hall–Kier alpha value is -3.16. The van der Waals surface area contributed by atoms with Crippen molar-refractivity contribution in [2.24, 2.45) is 4.99 Å². The summed E-state index contributed by atoms with van der Waals surface area (Å²) in [5.41, 5.74) is 3.07. The smallest absolute Gasteiger partial charge is 0.269 e. The molecule has 0 saturated carbocycles. The summed E-state index contributed by atoms with van der Waals surface area (Å²) in [5.74, 6) is 1.45. The van der Waals surface area contributed by atoms with Gasteiger partial charge in [0.25, 0.3) is 5.69 Å². The van der Waals surface area contributed by atoms with Crippen LogP contribution in [0.1, 0.15) is 11.3 Å². The van der Waals surface area contributed by atoms with Crippen LogP contribution >= 0.6 is 27.7 Å². The molecule has 5 nitrogen and oxygen atoms in total. The van der Waals surface area contributed by atoms with Crippen molar-refractivity contribution in [2.45, 2.75) is 16.7 Å². The van der Waals surface area contributed by atoms with Crippen LogP contribution in [0.25, 0.3) is 11.3 Å². The van der Waals surface area contributed by atoms with E-state index in [0.717, 1.165) is 31.3 Å². The van der Waals surface area contributed by atoms with Gasteiger partial charge in [0.15, 0.2) is 0 Å². The molecular formula is C24H17BrN2O3S. The highest BCUT2D eigenvalue weighted by Gasteiger charge is 2.08. The fraction of sp³-hybridized carbons (Fsp3) is 0.0417. The van der Waals surface area contributed by atoms with E-state index in [0.29, 0.717) is 5.76 Å². The average molecular weight is 493 g/mol. The molecule has 0 amide bonds. The first kappa shape index (κ1) is 21.1. The highest BCUT2D eigenvalue weighted by molar-refractivity contribution is 9.10. The minimum atomic E-state index is -0.400. The molecule has 0 spiro atoms. The van der Waals surface area contributed by atoms with E-state index >= 15 is 0 Å². The number of nitro groups is 1. The standard InChI is InChI=1S/C24H17BrN2O3S/c1-16-2-12-22(23(25)14-16)24-13-7-19(30-24)15-26-17-3-8-20(9-4-17)31-21-10-5-18(6-11-21)27(28)29/h2-15H,1H3. The molecule has 3 aromatic carbocycles. The van der Waals surface area contributed by atoms with Gasteiger partial charge >= 0.3 is 0 Å². The quantitative estimate of drug-likeness (QED) is 0.156. The van der Waals surface area contributed by atoms with Gasteiger partial charge in [-0.3, -0.25) is 15.1 Å². The van der Waals surface area contributed by atoms with Crippen LogP contribution in [0.15, 0.2) is 103 Å². The number of aliphatic imine (C=N–C) groups is 1. The van der Waals surface area contributed by atoms with Gasteiger partial charge in [0.2, 0.25) is 0 Å². The van der Waals surface area contributed by atoms with Crippen LogP contribution in [0.5, 0.6) is 0 Å². The van der Waals surface area contributed by atoms with Crippen LogP contribution in [-0.2, 0) is 0 Å². The van der Waals surface area contributed by atoms with Crippen LogP contribution in [0.2, 0.25) is 0 Å². The number of aryl methyl sites for hydroxylation is 1. The van der Waals surface area contributed by atoms with Gasteiger partial charge in [-0.15, -0.1) is 0 Å². The first-order valence-corrected chi connectivity index (χ1v) is 11.0. The molecular weight excluding hydrogens is 476 g/mol. The third-order valence-corrected chi connectivity index (χ3v) is 6.15. The Morgan fingerprint density at radius 3 is 2.29 bits per heavy atom. The second-order valence-electron chi connectivity index (χ2n) is 6.79. The Morgan fingerprint density at radius 2 is 1.65 bits per heavy atom. The third kappa shape index (κ3) is 5.31. The van der Waals surface area contributed by atoms with Gasteiger partial charge in [-0.2, -0.15) is 0 Å². The first-order valence-electron chi connectivity index (χ1n) is 9.41. The molecule has 0 radical (unpaired) electrons. The van der Waals surface area contributed by atoms with Crippen LogP contribution in [0.3, 0.4) is 0 Å². The SMILES string of the molecule is Cc1ccc(-c2ccc(C=Nc3ccc(Sc4ccc([N+](=O)[O-])cc4)cc3)o2)c(Br)c1. The van der Waals surface area contributed by atoms with E-state index in [1.165, 1.54) is 29.5 Å². The van der Waals surface area contributed by atoms with Gasteiger partial charge in [-0.05, 0) is 73.2 Å². The number of non-ortho nitro benzene ring substituents is 1. The predicted octanol–water partition coefficient (Wildman–Crippen LogP) is 7.83. The zero-order valence-electron chi connectivity index (χ0n) is 16.5. The van der Waals surface area contributed by atoms with Crippen molar-refractivity contribution in [3.8, 4) is 11.3 Å². The van der Waals surface area contributed by atoms with Crippen molar-refractivity contribution < 1.29 is 9.34 Å². The fourth-order valence-corrected chi connectivity index (χ4v) is 4.40. The Bertz CT molecular complexity index is 1250. The fourth-order valence-electron chi connectivity index (χ4n) is 2.90. The molecule has 0 atom stereocenters. The molecule has 154 valence electrons. The average Bonchev–Trinajstić information content (AvgIpc) is 3.22. The van der Waals surface area contributed by atoms with E-state index < -0.39 is 4.92 Å². The number of nitrogens with zero attached hydrogens (tertiary/aromatic N) is 2. The van der Waals surface area contributed by atoms with Crippen LogP contribution in [-0.4, -0.2) is 11.1 Å². The summed E-state index contributed by atoms with van der Waals surface area (Å²) in [6.07, 6.45) is 1.70. The maximum atomic E-state index is 10.7. The van der Waals surface area contributed by atoms with Gasteiger partial charge in [-0.1, -0.05) is 33.8 Å². The summed E-state index contributed by atoms with van der Waals surface area (Å²) in [6, 6.07) is 24.2. The first-order chi connectivity index (χ1) is 15.0. The van der Waals surface area contributed by atoms with Gasteiger partial charge in [-0.25, -0.2) is 0 Å². The minimum absolute atomic E-state index is 0.0878. The maximum Gasteiger partial charge on any atom is 0.269 e. The molecule has 1 heterocycles. The number of benzene rings is 3. The summed E-state index contributed by atoms with van der Waals surface area (Å²) in [5, 5.41) is 10.7. The topological polar surface area (TPSA) is 68.6 Å². The van der Waals surface area contributed by atoms with Gasteiger partial charge in [0, 0.05) is 32.0 Å². The van der Waals surface area contributed by atoms with Crippen molar-refractivity contribution in [3.63, 3.8) is 0 Å². The second-order valence-corrected chi connectivity index (χ2v) is 8.79. The van der Waals surface area contributed by atoms with Crippen molar-refractivity contribution >= 4 is 45.3 Å². The number of furan rings is 1. The molecule has 0 fully saturated rings. The monoisotopic (exact) mass is 492 g/mol. The minimum Gasteiger partial charge on any atom is -0.455 e. The predicted molar refractivity (Wildman–Crippen MR) is 127 cm³/mol. The zero-order valence-corrected chi connectivity index (χ0v) is 18.9. The van der Waals surface area contributed by atoms with Crippen molar-refractivity contribution in [2.75, 3.05) is 0 Å². The Morgan fingerprint density at radius 1 is 0.968 bits per heavy atom. The lowest BCUT2D eigenvalue weighted by Crippen LogP contribution is -1.86. The highest BCUT2D eigenvalue weighted by Crippen LogP contribution is 2.31. The lowest BCUT2D eigenvalue weighted by Gasteiger charge is -2.02. The van der Waals surface area contributed by atoms with E-state index in [4.69, 9.17) is 4.42 Å². The number of nitro benzene ring substituents is 1. The van der Waals surface area contributed by atoms with E-state index in [1.807, 2.05) is 55.5 Å². The van der Waals surface area contributed by atoms with Crippen LogP contribution in [0.4, 0.5) is 11.4 Å². The molecule has 31 heavy (non-hydrogen) atoms. The molecule has 0 bridgehead atoms. The van der Waals surface area contributed by atoms with Crippen LogP contribution in [0, 0.1) is 17.0 Å². The molecule has 0 unspecified atom stereocenters. The summed E-state index contributed by atoms with van der Waals surface area (Å²) in [7, 11) is 0. The van der Waals surface area contributed by atoms with Gasteiger partial charge < -0.3 is 4.42 Å². The number of rotatable bonds is 6. The molecule has 0 aliphatic rings. The Kier molecular flexibility index (Phi) is 6.34. The summed E-state index contributed by atoms with van der Waals surface area (Å²) < 4.78 is 6.90. The van der Waals surface area contributed by atoms with E-state index in [1.54, 1.807) is 18.3 Å². The summed E-state index contributed by atoms with van der Waals surface area (Å²) in [4.78, 5) is 16.8. The Labute approximate surface area is 192 Å². The maximum absolute atomic E-state index is 10.7. The van der Waals surface area contributed by atoms with Gasteiger partial charge in [0.1, 0.15) is 11.5 Å². The van der Waals surface area contributed by atoms with E-state index in [9.17, 15) is 10.1 Å². The number of halogens is 1. The highest BCUT2D eigenvalue weighted by atomic mass is 79.9. The van der Waals surface area contributed by atoms with Crippen LogP contribution < -0.4 is 0 Å². The molecule has 7 heteroatoms. The molecule has 4 rings (SSSR count). The van der Waals surface area contributed by atoms with E-state index in [-0.39, 0.29) is 5.69 Å². The third-order valence-electron chi connectivity index (χ3n) is 4.48. The summed E-state index contributed by atoms with van der Waals surface area (Å²) >= 11 is 5.12. The molecule has 0 aliphatic heterocycles. The normalized spacial score (nSPS) is 11.2.